The second kappa shape index (κ2) is 4.29. The van der Waals surface area contributed by atoms with E-state index < -0.39 is 4.92 Å². The Hall–Kier alpha value is -2.30. The number of nitro benzene ring substituents is 1. The number of aromatic nitrogens is 1. The molecule has 0 radical (unpaired) electrons. The van der Waals surface area contributed by atoms with E-state index in [9.17, 15) is 14.9 Å². The smallest absolute Gasteiger partial charge is 0.270 e. The van der Waals surface area contributed by atoms with E-state index in [1.807, 2.05) is 0 Å². The molecule has 17 heavy (non-hydrogen) atoms. The van der Waals surface area contributed by atoms with Crippen LogP contribution in [0.15, 0.2) is 30.3 Å². The van der Waals surface area contributed by atoms with Crippen LogP contribution in [0, 0.1) is 10.1 Å². The Morgan fingerprint density at radius 2 is 2.12 bits per heavy atom. The number of nitrogens with zero attached hydrogens (tertiary/aromatic N) is 2. The summed E-state index contributed by atoms with van der Waals surface area (Å²) in [5.41, 5.74) is 1.38. The lowest BCUT2D eigenvalue weighted by molar-refractivity contribution is -0.384. The average Bonchev–Trinajstić information content (AvgIpc) is 2.27. The molecule has 0 spiro atoms. The first-order chi connectivity index (χ1) is 8.06. The van der Waals surface area contributed by atoms with Gasteiger partial charge in [-0.1, -0.05) is 6.07 Å². The van der Waals surface area contributed by atoms with Crippen LogP contribution >= 0.6 is 0 Å². The molecule has 0 saturated carbocycles. The Bertz CT molecular complexity index is 608. The van der Waals surface area contributed by atoms with Crippen LogP contribution in [0.3, 0.4) is 0 Å². The summed E-state index contributed by atoms with van der Waals surface area (Å²) in [4.78, 5) is 25.4. The summed E-state index contributed by atoms with van der Waals surface area (Å²) in [7, 11) is 0. The van der Waals surface area contributed by atoms with Crippen molar-refractivity contribution in [3.63, 3.8) is 0 Å². The third-order valence-corrected chi connectivity index (χ3v) is 2.37. The van der Waals surface area contributed by atoms with Crippen LogP contribution in [0.4, 0.5) is 5.69 Å². The SMILES string of the molecule is CC(=O)Cc1ccc2cc([N+](=O)[O-])ccc2n1. The van der Waals surface area contributed by atoms with Crippen LogP contribution in [0.25, 0.3) is 10.9 Å². The van der Waals surface area contributed by atoms with Gasteiger partial charge < -0.3 is 0 Å². The Balaban J connectivity index is 2.46. The first-order valence-electron chi connectivity index (χ1n) is 5.10. The Kier molecular flexibility index (Phi) is 2.82. The van der Waals surface area contributed by atoms with E-state index in [2.05, 4.69) is 4.98 Å². The maximum Gasteiger partial charge on any atom is 0.270 e. The fraction of sp³-hybridized carbons (Fsp3) is 0.167. The minimum Gasteiger partial charge on any atom is -0.300 e. The highest BCUT2D eigenvalue weighted by Gasteiger charge is 2.07. The first kappa shape index (κ1) is 11.2. The zero-order valence-electron chi connectivity index (χ0n) is 9.21. The van der Waals surface area contributed by atoms with Crippen molar-refractivity contribution < 1.29 is 9.72 Å². The number of carbonyl (C=O) groups excluding carboxylic acids is 1. The van der Waals surface area contributed by atoms with Crippen molar-refractivity contribution in [2.24, 2.45) is 0 Å². The van der Waals surface area contributed by atoms with Gasteiger partial charge in [0.2, 0.25) is 0 Å². The summed E-state index contributed by atoms with van der Waals surface area (Å²) in [5.74, 6) is 0.0405. The number of nitro groups is 1. The second-order valence-corrected chi connectivity index (χ2v) is 3.82. The molecule has 1 aromatic heterocycles. The van der Waals surface area contributed by atoms with E-state index in [1.165, 1.54) is 19.1 Å². The maximum atomic E-state index is 11.0. The van der Waals surface area contributed by atoms with Crippen LogP contribution in [0.2, 0.25) is 0 Å². The van der Waals surface area contributed by atoms with E-state index in [0.29, 0.717) is 16.6 Å². The quantitative estimate of drug-likeness (QED) is 0.598. The largest absolute Gasteiger partial charge is 0.300 e. The third kappa shape index (κ3) is 2.44. The molecule has 0 aliphatic carbocycles. The molecule has 0 aliphatic heterocycles. The molecule has 5 heteroatoms. The van der Waals surface area contributed by atoms with Gasteiger partial charge in [-0.2, -0.15) is 0 Å². The number of hydrogen-bond donors (Lipinski definition) is 0. The lowest BCUT2D eigenvalue weighted by Gasteiger charge is -2.01. The average molecular weight is 230 g/mol. The summed E-state index contributed by atoms with van der Waals surface area (Å²) in [6, 6.07) is 7.94. The molecular weight excluding hydrogens is 220 g/mol. The lowest BCUT2D eigenvalue weighted by Crippen LogP contribution is -1.99. The summed E-state index contributed by atoms with van der Waals surface area (Å²) in [6.45, 7) is 1.50. The molecule has 0 saturated heterocycles. The Morgan fingerprint density at radius 1 is 1.35 bits per heavy atom. The molecule has 0 atom stereocenters. The van der Waals surface area contributed by atoms with Gasteiger partial charge in [-0.25, -0.2) is 0 Å². The number of Topliss-reactive ketones (excluding diaryl/α,β-unsaturated/α-hetero) is 1. The zero-order chi connectivity index (χ0) is 12.4. The molecule has 0 unspecified atom stereocenters. The normalized spacial score (nSPS) is 10.4. The molecule has 0 amide bonds. The van der Waals surface area contributed by atoms with E-state index >= 15 is 0 Å². The van der Waals surface area contributed by atoms with E-state index in [1.54, 1.807) is 18.2 Å². The highest BCUT2D eigenvalue weighted by Crippen LogP contribution is 2.19. The number of carbonyl (C=O) groups is 1. The molecule has 1 aromatic carbocycles. The number of hydrogen-bond acceptors (Lipinski definition) is 4. The molecule has 0 fully saturated rings. The third-order valence-electron chi connectivity index (χ3n) is 2.37. The lowest BCUT2D eigenvalue weighted by atomic mass is 10.1. The number of rotatable bonds is 3. The van der Waals surface area contributed by atoms with Gasteiger partial charge in [0, 0.05) is 29.6 Å². The van der Waals surface area contributed by atoms with Crippen LogP contribution < -0.4 is 0 Å². The van der Waals surface area contributed by atoms with Gasteiger partial charge in [-0.15, -0.1) is 0 Å². The van der Waals surface area contributed by atoms with E-state index in [-0.39, 0.29) is 17.9 Å². The highest BCUT2D eigenvalue weighted by molar-refractivity contribution is 5.83. The predicted molar refractivity (Wildman–Crippen MR) is 62.8 cm³/mol. The Morgan fingerprint density at radius 3 is 2.76 bits per heavy atom. The molecule has 2 rings (SSSR count). The number of fused-ring (bicyclic) bond motifs is 1. The molecule has 1 heterocycles. The summed E-state index contributed by atoms with van der Waals surface area (Å²) in [5, 5.41) is 11.3. The topological polar surface area (TPSA) is 73.1 Å². The number of pyridine rings is 1. The van der Waals surface area contributed by atoms with Crippen LogP contribution in [-0.2, 0) is 11.2 Å². The summed E-state index contributed by atoms with van der Waals surface area (Å²) < 4.78 is 0. The minimum absolute atomic E-state index is 0.0404. The van der Waals surface area contributed by atoms with Crippen molar-refractivity contribution >= 4 is 22.4 Å². The first-order valence-corrected chi connectivity index (χ1v) is 5.10. The van der Waals surface area contributed by atoms with Crippen LogP contribution in [0.1, 0.15) is 12.6 Å². The molecule has 0 N–H and O–H groups in total. The molecular formula is C12H10N2O3. The molecule has 86 valence electrons. The molecule has 2 aromatic rings. The van der Waals surface area contributed by atoms with E-state index in [4.69, 9.17) is 0 Å². The van der Waals surface area contributed by atoms with E-state index in [0.717, 1.165) is 0 Å². The van der Waals surface area contributed by atoms with Gasteiger partial charge in [-0.05, 0) is 19.1 Å². The predicted octanol–water partition coefficient (Wildman–Crippen LogP) is 2.27. The van der Waals surface area contributed by atoms with Gasteiger partial charge in [-0.3, -0.25) is 19.9 Å². The number of benzene rings is 1. The standard InChI is InChI=1S/C12H10N2O3/c1-8(15)6-10-3-2-9-7-11(14(16)17)4-5-12(9)13-10/h2-5,7H,6H2,1H3. The monoisotopic (exact) mass is 230 g/mol. The van der Waals surface area contributed by atoms with Crippen molar-refractivity contribution in [1.82, 2.24) is 4.98 Å². The molecule has 5 nitrogen and oxygen atoms in total. The minimum atomic E-state index is -0.442. The van der Waals surface area contributed by atoms with Gasteiger partial charge in [0.05, 0.1) is 10.4 Å². The molecule has 0 aliphatic rings. The number of non-ortho nitro benzene ring substituents is 1. The van der Waals surface area contributed by atoms with Crippen LogP contribution in [-0.4, -0.2) is 15.7 Å². The van der Waals surface area contributed by atoms with Crippen molar-refractivity contribution in [3.05, 3.63) is 46.1 Å². The maximum absolute atomic E-state index is 11.0. The van der Waals surface area contributed by atoms with Gasteiger partial charge in [0.15, 0.2) is 0 Å². The van der Waals surface area contributed by atoms with Crippen molar-refractivity contribution in [3.8, 4) is 0 Å². The molecule has 0 bridgehead atoms. The number of ketones is 1. The fourth-order valence-electron chi connectivity index (χ4n) is 1.62. The summed E-state index contributed by atoms with van der Waals surface area (Å²) >= 11 is 0. The highest BCUT2D eigenvalue weighted by atomic mass is 16.6. The van der Waals surface area contributed by atoms with Crippen molar-refractivity contribution in [2.45, 2.75) is 13.3 Å². The van der Waals surface area contributed by atoms with Crippen molar-refractivity contribution in [1.29, 1.82) is 0 Å². The van der Waals surface area contributed by atoms with Gasteiger partial charge in [0.25, 0.3) is 5.69 Å². The Labute approximate surface area is 97.2 Å². The van der Waals surface area contributed by atoms with Gasteiger partial charge in [0.1, 0.15) is 5.78 Å². The zero-order valence-corrected chi connectivity index (χ0v) is 9.21. The van der Waals surface area contributed by atoms with Crippen LogP contribution in [0.5, 0.6) is 0 Å². The fourth-order valence-corrected chi connectivity index (χ4v) is 1.62. The summed E-state index contributed by atoms with van der Waals surface area (Å²) in [6.07, 6.45) is 0.285. The second-order valence-electron chi connectivity index (χ2n) is 3.82. The van der Waals surface area contributed by atoms with Gasteiger partial charge >= 0.3 is 0 Å². The van der Waals surface area contributed by atoms with Crippen molar-refractivity contribution in [2.75, 3.05) is 0 Å².